The molecule has 0 radical (unpaired) electrons. The van der Waals surface area contributed by atoms with Gasteiger partial charge in [-0.2, -0.15) is 12.6 Å². The molecule has 0 aliphatic rings. The first-order valence-electron chi connectivity index (χ1n) is 5.31. The first-order chi connectivity index (χ1) is 8.58. The summed E-state index contributed by atoms with van der Waals surface area (Å²) >= 11 is 10.1. The van der Waals surface area contributed by atoms with Gasteiger partial charge in [0.25, 0.3) is 0 Å². The Balaban J connectivity index is 2.23. The zero-order valence-corrected chi connectivity index (χ0v) is 11.0. The predicted molar refractivity (Wildman–Crippen MR) is 73.9 cm³/mol. The van der Waals surface area contributed by atoms with Crippen LogP contribution >= 0.6 is 24.2 Å². The number of carbonyl (C=O) groups is 1. The minimum absolute atomic E-state index is 0.166. The zero-order chi connectivity index (χ0) is 13.1. The topological polar surface area (TPSA) is 17.1 Å². The second-order valence-corrected chi connectivity index (χ2v) is 4.78. The minimum Gasteiger partial charge on any atom is -0.293 e. The fraction of sp³-hybridized carbons (Fsp3) is 0.0714. The first kappa shape index (κ1) is 13.1. The van der Waals surface area contributed by atoms with E-state index in [2.05, 4.69) is 12.6 Å². The van der Waals surface area contributed by atoms with E-state index in [-0.39, 0.29) is 11.6 Å². The molecule has 0 heterocycles. The molecule has 18 heavy (non-hydrogen) atoms. The third-order valence-corrected chi connectivity index (χ3v) is 3.35. The largest absolute Gasteiger partial charge is 0.293 e. The van der Waals surface area contributed by atoms with E-state index in [1.807, 2.05) is 0 Å². The number of hydrogen-bond acceptors (Lipinski definition) is 2. The average molecular weight is 281 g/mol. The number of rotatable bonds is 3. The van der Waals surface area contributed by atoms with Crippen molar-refractivity contribution in [1.29, 1.82) is 0 Å². The minimum atomic E-state index is -0.576. The van der Waals surface area contributed by atoms with Gasteiger partial charge in [-0.15, -0.1) is 0 Å². The van der Waals surface area contributed by atoms with Crippen LogP contribution in [0.4, 0.5) is 4.39 Å². The number of ketones is 1. The Labute approximate surface area is 115 Å². The van der Waals surface area contributed by atoms with Crippen LogP contribution in [0, 0.1) is 5.82 Å². The Morgan fingerprint density at radius 1 is 1.06 bits per heavy atom. The summed E-state index contributed by atoms with van der Waals surface area (Å²) in [5, 5.41) is 0.0289. The lowest BCUT2D eigenvalue weighted by Gasteiger charge is -2.10. The molecule has 2 aromatic rings. The van der Waals surface area contributed by atoms with Crippen LogP contribution in [0.3, 0.4) is 0 Å². The van der Waals surface area contributed by atoms with Crippen LogP contribution in [-0.2, 0) is 0 Å². The van der Waals surface area contributed by atoms with Crippen LogP contribution in [0.5, 0.6) is 0 Å². The summed E-state index contributed by atoms with van der Waals surface area (Å²) in [5.41, 5.74) is 1.20. The maximum atomic E-state index is 12.8. The molecule has 1 nitrogen and oxygen atoms in total. The van der Waals surface area contributed by atoms with Crippen LogP contribution in [0.15, 0.2) is 48.5 Å². The zero-order valence-electron chi connectivity index (χ0n) is 9.31. The van der Waals surface area contributed by atoms with Crippen molar-refractivity contribution in [2.24, 2.45) is 0 Å². The van der Waals surface area contributed by atoms with E-state index in [9.17, 15) is 9.18 Å². The SMILES string of the molecule is O=C(c1ccc(F)cc1)C(S)c1ccc(Cl)cc1. The number of benzene rings is 2. The summed E-state index contributed by atoms with van der Waals surface area (Å²) in [6, 6.07) is 12.3. The maximum Gasteiger partial charge on any atom is 0.179 e. The van der Waals surface area contributed by atoms with Crippen LogP contribution in [0.25, 0.3) is 0 Å². The molecule has 92 valence electrons. The van der Waals surface area contributed by atoms with Crippen LogP contribution in [-0.4, -0.2) is 5.78 Å². The molecular weight excluding hydrogens is 271 g/mol. The molecule has 1 atom stereocenters. The summed E-state index contributed by atoms with van der Waals surface area (Å²) in [6.45, 7) is 0. The quantitative estimate of drug-likeness (QED) is 0.654. The van der Waals surface area contributed by atoms with Crippen LogP contribution < -0.4 is 0 Å². The van der Waals surface area contributed by atoms with Crippen LogP contribution in [0.2, 0.25) is 5.02 Å². The number of thiol groups is 1. The number of halogens is 2. The summed E-state index contributed by atoms with van der Waals surface area (Å²) in [5.74, 6) is -0.533. The second kappa shape index (κ2) is 5.55. The molecule has 0 N–H and O–H groups in total. The van der Waals surface area contributed by atoms with E-state index in [1.165, 1.54) is 24.3 Å². The molecule has 0 fully saturated rings. The first-order valence-corrected chi connectivity index (χ1v) is 6.20. The van der Waals surface area contributed by atoms with E-state index in [4.69, 9.17) is 11.6 Å². The van der Waals surface area contributed by atoms with Gasteiger partial charge in [0.2, 0.25) is 0 Å². The summed E-state index contributed by atoms with van der Waals surface area (Å²) in [6.07, 6.45) is 0. The predicted octanol–water partition coefficient (Wildman–Crippen LogP) is 4.33. The van der Waals surface area contributed by atoms with Gasteiger partial charge in [0, 0.05) is 10.6 Å². The lowest BCUT2D eigenvalue weighted by Crippen LogP contribution is -2.07. The lowest BCUT2D eigenvalue weighted by atomic mass is 10.0. The number of Topliss-reactive ketones (excluding diaryl/α,β-unsaturated/α-hetero) is 1. The Morgan fingerprint density at radius 2 is 1.61 bits per heavy atom. The Bertz CT molecular complexity index is 551. The highest BCUT2D eigenvalue weighted by Gasteiger charge is 2.17. The van der Waals surface area contributed by atoms with Crippen molar-refractivity contribution in [1.82, 2.24) is 0 Å². The van der Waals surface area contributed by atoms with Crippen molar-refractivity contribution in [2.75, 3.05) is 0 Å². The third-order valence-electron chi connectivity index (χ3n) is 2.56. The van der Waals surface area contributed by atoms with Crippen molar-refractivity contribution in [2.45, 2.75) is 5.25 Å². The molecule has 4 heteroatoms. The molecule has 1 unspecified atom stereocenters. The van der Waals surface area contributed by atoms with Crippen molar-refractivity contribution in [3.63, 3.8) is 0 Å². The Kier molecular flexibility index (Phi) is 4.04. The van der Waals surface area contributed by atoms with Gasteiger partial charge in [-0.05, 0) is 42.0 Å². The van der Waals surface area contributed by atoms with E-state index < -0.39 is 5.25 Å². The van der Waals surface area contributed by atoms with Gasteiger partial charge in [-0.1, -0.05) is 23.7 Å². The highest BCUT2D eigenvalue weighted by atomic mass is 35.5. The number of carbonyl (C=O) groups excluding carboxylic acids is 1. The molecular formula is C14H10ClFOS. The van der Waals surface area contributed by atoms with Crippen LogP contribution in [0.1, 0.15) is 21.2 Å². The number of hydrogen-bond donors (Lipinski definition) is 1. The van der Waals surface area contributed by atoms with Crippen molar-refractivity contribution < 1.29 is 9.18 Å². The normalized spacial score (nSPS) is 12.2. The molecule has 0 bridgehead atoms. The average Bonchev–Trinajstić information content (AvgIpc) is 2.39. The molecule has 2 aromatic carbocycles. The lowest BCUT2D eigenvalue weighted by molar-refractivity contribution is 0.0990. The van der Waals surface area contributed by atoms with Gasteiger partial charge in [0.05, 0.1) is 5.25 Å². The fourth-order valence-electron chi connectivity index (χ4n) is 1.57. The molecule has 0 saturated heterocycles. The molecule has 0 aliphatic heterocycles. The van der Waals surface area contributed by atoms with E-state index in [1.54, 1.807) is 24.3 Å². The van der Waals surface area contributed by atoms with Gasteiger partial charge in [0.1, 0.15) is 5.82 Å². The molecule has 0 amide bonds. The molecule has 0 spiro atoms. The monoisotopic (exact) mass is 280 g/mol. The van der Waals surface area contributed by atoms with Crippen molar-refractivity contribution >= 4 is 30.0 Å². The van der Waals surface area contributed by atoms with Gasteiger partial charge in [0.15, 0.2) is 5.78 Å². The Morgan fingerprint density at radius 3 is 2.17 bits per heavy atom. The summed E-state index contributed by atoms with van der Waals surface area (Å²) in [4.78, 5) is 12.1. The van der Waals surface area contributed by atoms with Gasteiger partial charge >= 0.3 is 0 Å². The molecule has 2 rings (SSSR count). The van der Waals surface area contributed by atoms with Crippen molar-refractivity contribution in [3.8, 4) is 0 Å². The van der Waals surface area contributed by atoms with Gasteiger partial charge in [-0.3, -0.25) is 4.79 Å². The van der Waals surface area contributed by atoms with Gasteiger partial charge < -0.3 is 0 Å². The maximum absolute atomic E-state index is 12.8. The second-order valence-electron chi connectivity index (χ2n) is 3.83. The third kappa shape index (κ3) is 2.92. The summed E-state index contributed by atoms with van der Waals surface area (Å²) < 4.78 is 12.8. The molecule has 0 aliphatic carbocycles. The van der Waals surface area contributed by atoms with E-state index >= 15 is 0 Å². The highest BCUT2D eigenvalue weighted by Crippen LogP contribution is 2.25. The molecule has 0 aromatic heterocycles. The smallest absolute Gasteiger partial charge is 0.179 e. The molecule has 0 saturated carbocycles. The van der Waals surface area contributed by atoms with Gasteiger partial charge in [-0.25, -0.2) is 4.39 Å². The standard InChI is InChI=1S/C14H10ClFOS/c15-11-5-1-10(2-6-11)14(18)13(17)9-3-7-12(16)8-4-9/h1-8,14,18H. The summed E-state index contributed by atoms with van der Waals surface area (Å²) in [7, 11) is 0. The van der Waals surface area contributed by atoms with E-state index in [0.717, 1.165) is 5.56 Å². The van der Waals surface area contributed by atoms with E-state index in [0.29, 0.717) is 10.6 Å². The van der Waals surface area contributed by atoms with Crippen molar-refractivity contribution in [3.05, 3.63) is 70.5 Å². The fourth-order valence-corrected chi connectivity index (χ4v) is 2.02. The highest BCUT2D eigenvalue weighted by molar-refractivity contribution is 7.81. The Hall–Kier alpha value is -1.32.